The summed E-state index contributed by atoms with van der Waals surface area (Å²) in [5.74, 6) is -5.90. The van der Waals surface area contributed by atoms with Crippen LogP contribution in [-0.2, 0) is 18.9 Å². The summed E-state index contributed by atoms with van der Waals surface area (Å²) >= 11 is 0.861. The molecule has 8 aromatic heterocycles. The lowest BCUT2D eigenvalue weighted by Gasteiger charge is -2.17. The third-order valence-corrected chi connectivity index (χ3v) is 24.7. The van der Waals surface area contributed by atoms with Crippen molar-refractivity contribution in [3.63, 3.8) is 0 Å². The van der Waals surface area contributed by atoms with Crippen LogP contribution in [0.4, 0.5) is 40.8 Å². The zero-order valence-corrected chi connectivity index (χ0v) is 79.5. The molecular weight excluding hydrogens is 1950 g/mol. The quantitative estimate of drug-likeness (QED) is 0.00969. The van der Waals surface area contributed by atoms with Gasteiger partial charge in [-0.15, -0.1) is 20.4 Å². The van der Waals surface area contributed by atoms with Crippen molar-refractivity contribution < 1.29 is 166 Å². The Morgan fingerprint density at radius 1 is 0.361 bits per heavy atom. The van der Waals surface area contributed by atoms with Crippen LogP contribution in [0.2, 0.25) is 0 Å². The number of thioether (sulfide) groups is 4. The molecule has 16 N–H and O–H groups in total. The minimum atomic E-state index is -4.33. The Bertz CT molecular complexity index is 9220. The predicted molar refractivity (Wildman–Crippen MR) is 530 cm³/mol. The Balaban J connectivity index is 0.000000168. The molecule has 0 bridgehead atoms. The van der Waals surface area contributed by atoms with Crippen molar-refractivity contribution in [1.29, 1.82) is 0 Å². The standard InChI is InChI=1S/4C24H31FN6O4S/c4*1-3-8-36-24-27-22(26-16-10-14(16)13-5-4-12(2)15(25)9-13)19-23(28-24)31(30-29-19)17-11-18(35-7-6-32)21(34)20(17)33/h4*4-5,9,14,16-18,20-21,32-34H,3,6-8,10-11H2,1-2H3,(H,26,27,28)/t4*14-,16+,17+,18-,20-,21+/m0000/s1/i6D2,7D2,8D2,11D2,16D,17D,18D,20D,21D;3D2,7D2,8D2,11D2,16D,17D,18D,20D,21D;3D2,6D2,8D2,11D2,16D,17D,18D,20D,21D;3D2,8D2,11D2,16D,17D,18D,20D,21D. The first-order chi connectivity index (χ1) is 87.4. The monoisotopic (exact) mass is 2120 g/mol. The predicted octanol–water partition coefficient (Wildman–Crippen LogP) is 8.73. The number of nitrogens with one attached hydrogen (secondary N) is 4. The highest BCUT2D eigenvalue weighted by atomic mass is 32.2. The van der Waals surface area contributed by atoms with Crippen molar-refractivity contribution in [1.82, 2.24) is 99.8 Å². The molecule has 8 fully saturated rings. The highest BCUT2D eigenvalue weighted by Crippen LogP contribution is 2.50. The van der Waals surface area contributed by atoms with Crippen molar-refractivity contribution >= 4 is 115 Å². The van der Waals surface area contributed by atoms with Gasteiger partial charge in [-0.2, -0.15) is 0 Å². The van der Waals surface area contributed by atoms with E-state index in [4.69, 9.17) is 78.0 Å². The lowest BCUT2D eigenvalue weighted by atomic mass is 10.1. The second-order valence-corrected chi connectivity index (χ2v) is 34.7. The molecule has 48 heteroatoms. The molecule has 8 saturated carbocycles. The fourth-order valence-electron chi connectivity index (χ4n) is 14.3. The molecule has 776 valence electrons. The molecule has 0 aliphatic heterocycles. The number of hydrogen-bond donors (Lipinski definition) is 16. The summed E-state index contributed by atoms with van der Waals surface area (Å²) in [5, 5.41) is 165. The number of hydrogen-bond acceptors (Lipinski definition) is 40. The minimum Gasteiger partial charge on any atom is -0.394 e. The molecule has 8 aliphatic carbocycles. The lowest BCUT2D eigenvalue weighted by Crippen LogP contribution is -2.33. The molecule has 8 aliphatic rings. The van der Waals surface area contributed by atoms with Gasteiger partial charge >= 0.3 is 0 Å². The number of halogens is 4. The van der Waals surface area contributed by atoms with E-state index in [9.17, 15) is 78.8 Å². The third kappa shape index (κ3) is 23.8. The normalized spacial score (nSPS) is 45.4. The SMILES string of the molecule is [2H]C([2H])(C)C([2H])([2H])Sc1nc(N[C@]2([2H])C[C@H]2c2ccc(C)c(F)c2)c2nnn([C@]3([2H])C([2H])([2H])[C@]([2H])(OCCO)[C@@]([2H])(O)[C@@]3([2H])O)c2n1.[2H]C([2H])(CC)Sc1nc(N[C@]2([2H])C[C@H]2c2ccc(C)c(F)c2)c2nnn([C@]3([2H])C([2H])([2H])[C@]([2H])(OC([2H])([2H])C([2H])([2H])O)[C@@]([2H])(O)[C@@]3([2H])O)c2n1.[2H]C([2H])(CO)O[C@@]1([2H])C([2H])([2H])[C@@]([2H])(n2nnc3c(N[C@]4([2H])C[C@H]4c4ccc(C)c(F)c4)nc(SC([2H])([2H])C([2H])([2H])C)nc32)[C@]([2H])(O)[C@]1([2H])O.[2H]C([2H])(O)CO[C@@]1([2H])C([2H])([2H])[C@@]([2H])(n2nnc3c(N[C@]4([2H])C[C@H]4c4ccc(C)c(F)c4)nc(SC([2H])([2H])C([2H])([2H])C)nc32)[C@]([2H])(O)[C@]1([2H])O. The molecule has 0 radical (unpaired) electrons. The Morgan fingerprint density at radius 2 is 0.632 bits per heavy atom. The molecule has 4 aromatic carbocycles. The number of rotatable bonds is 40. The van der Waals surface area contributed by atoms with Crippen LogP contribution >= 0.6 is 47.0 Å². The first kappa shape index (κ1) is 59.6. The van der Waals surface area contributed by atoms with Gasteiger partial charge in [-0.05, 0) is 148 Å². The van der Waals surface area contributed by atoms with Crippen LogP contribution in [0, 0.1) is 51.0 Å². The molecular formula is C96H124F4N24O16S4. The van der Waals surface area contributed by atoms with E-state index >= 15 is 0 Å². The number of aliphatic hydroxyl groups excluding tert-OH is 2. The van der Waals surface area contributed by atoms with Gasteiger partial charge < -0.3 is 101 Å². The summed E-state index contributed by atoms with van der Waals surface area (Å²) in [5.41, 5.74) is -11.7. The highest BCUT2D eigenvalue weighted by molar-refractivity contribution is 7.99. The van der Waals surface area contributed by atoms with E-state index in [1.54, 1.807) is 58.0 Å². The average Bonchev–Trinajstić information content (AvgIpc) is 1.48. The van der Waals surface area contributed by atoms with Gasteiger partial charge in [0.2, 0.25) is 0 Å². The Morgan fingerprint density at radius 3 is 0.882 bits per heavy atom. The van der Waals surface area contributed by atoms with E-state index in [2.05, 4.69) is 112 Å². The van der Waals surface area contributed by atoms with Gasteiger partial charge in [0, 0.05) is 126 Å². The van der Waals surface area contributed by atoms with Crippen LogP contribution in [0.3, 0.4) is 0 Å². The van der Waals surface area contributed by atoms with E-state index in [-0.39, 0.29) is 97.8 Å². The minimum absolute atomic E-state index is 0.0783. The number of benzene rings is 4. The van der Waals surface area contributed by atoms with Crippen molar-refractivity contribution in [3.05, 3.63) is 141 Å². The molecule has 0 amide bonds. The molecule has 24 atom stereocenters. The number of fused-ring (bicyclic) bond motifs is 4. The zero-order chi connectivity index (χ0) is 147. The molecule has 0 unspecified atom stereocenters. The Labute approximate surface area is 913 Å². The van der Waals surface area contributed by atoms with Gasteiger partial charge in [0.05, 0.1) is 139 Å². The van der Waals surface area contributed by atoms with E-state index in [1.165, 1.54) is 49.4 Å². The summed E-state index contributed by atoms with van der Waals surface area (Å²) in [6, 6.07) is -3.87. The zero-order valence-electron chi connectivity index (χ0n) is 126. The van der Waals surface area contributed by atoms with Gasteiger partial charge in [-0.25, -0.2) is 76.2 Å². The summed E-state index contributed by atoms with van der Waals surface area (Å²) < 4.78 is 493. The fourth-order valence-corrected chi connectivity index (χ4v) is 16.2. The van der Waals surface area contributed by atoms with E-state index in [0.29, 0.717) is 56.3 Å². The maximum Gasteiger partial charge on any atom is 0.191 e. The van der Waals surface area contributed by atoms with Crippen LogP contribution in [0.1, 0.15) is 265 Å². The molecule has 12 aromatic rings. The molecule has 20 rings (SSSR count). The molecule has 40 nitrogen and oxygen atoms in total. The van der Waals surface area contributed by atoms with E-state index in [0.717, 1.165) is 20.8 Å². The summed E-state index contributed by atoms with van der Waals surface area (Å²) in [6.45, 7) is -8.81. The molecule has 0 spiro atoms. The topological polar surface area (TPSA) is 554 Å². The van der Waals surface area contributed by atoms with Crippen LogP contribution in [0.5, 0.6) is 0 Å². The lowest BCUT2D eigenvalue weighted by molar-refractivity contribution is -0.0629. The van der Waals surface area contributed by atoms with Crippen molar-refractivity contribution in [2.45, 2.75) is 298 Å². The largest absolute Gasteiger partial charge is 0.394 e. The van der Waals surface area contributed by atoms with Gasteiger partial charge in [0.1, 0.15) is 71.9 Å². The second kappa shape index (κ2) is 47.3. The van der Waals surface area contributed by atoms with E-state index < -0.39 is 365 Å². The third-order valence-electron chi connectivity index (χ3n) is 21.9. The van der Waals surface area contributed by atoms with Gasteiger partial charge in [-0.3, -0.25) is 0 Å². The number of aliphatic hydroxyl groups is 12. The molecule has 8 heterocycles. The van der Waals surface area contributed by atoms with E-state index in [1.807, 2.05) is 0 Å². The number of aryl methyl sites for hydroxylation is 4. The van der Waals surface area contributed by atoms with Gasteiger partial charge in [0.25, 0.3) is 0 Å². The van der Waals surface area contributed by atoms with Crippen LogP contribution in [0.25, 0.3) is 44.7 Å². The Kier molecular flexibility index (Phi) is 19.6. The first-order valence-corrected chi connectivity index (χ1v) is 46.3. The fraction of sp³-hybridized carbons (Fsp3) is 0.583. The van der Waals surface area contributed by atoms with Gasteiger partial charge in [0.15, 0.2) is 88.6 Å². The highest BCUT2D eigenvalue weighted by Gasteiger charge is 2.51. The van der Waals surface area contributed by atoms with Crippen molar-refractivity contribution in [2.24, 2.45) is 0 Å². The maximum absolute atomic E-state index is 14.3. The summed E-state index contributed by atoms with van der Waals surface area (Å²) in [7, 11) is 0. The molecule has 0 saturated heterocycles. The average molecular weight is 2120 g/mol. The van der Waals surface area contributed by atoms with Crippen molar-refractivity contribution in [3.8, 4) is 0 Å². The molecule has 144 heavy (non-hydrogen) atoms. The first-order valence-electron chi connectivity index (χ1n) is 68.0. The smallest absolute Gasteiger partial charge is 0.191 e. The number of ether oxygens (including phenoxy) is 4. The van der Waals surface area contributed by atoms with Crippen molar-refractivity contribution in [2.75, 3.05) is 96.8 Å². The number of nitrogens with zero attached hydrogens (tertiary/aromatic N) is 20. The van der Waals surface area contributed by atoms with Gasteiger partial charge in [-0.1, -0.05) is 144 Å². The van der Waals surface area contributed by atoms with Crippen LogP contribution in [-0.4, -0.2) is 334 Å². The number of aromatic nitrogens is 20. The van der Waals surface area contributed by atoms with Crippen LogP contribution < -0.4 is 21.3 Å². The Hall–Kier alpha value is -9.52. The number of anilines is 4. The van der Waals surface area contributed by atoms with Crippen LogP contribution in [0.15, 0.2) is 93.4 Å². The summed E-state index contributed by atoms with van der Waals surface area (Å²) in [4.78, 5) is 33.1. The second-order valence-electron chi connectivity index (χ2n) is 31.5. The maximum atomic E-state index is 14.3. The summed E-state index contributed by atoms with van der Waals surface area (Å²) in [6.07, 6.45) is -71.6.